The largest absolute Gasteiger partial charge is 0.389 e. The summed E-state index contributed by atoms with van der Waals surface area (Å²) < 4.78 is 0. The summed E-state index contributed by atoms with van der Waals surface area (Å²) in [6, 6.07) is 0. The average molecular weight is 333 g/mol. The SMILES string of the molecule is CN1CCN(c2ncc(CNCC3(O)CCCCCC3)cn2)CC1. The molecule has 2 heterocycles. The molecule has 0 amide bonds. The van der Waals surface area contributed by atoms with Crippen molar-refractivity contribution >= 4 is 5.95 Å². The predicted octanol–water partition coefficient (Wildman–Crippen LogP) is 1.40. The van der Waals surface area contributed by atoms with Gasteiger partial charge in [0.1, 0.15) is 0 Å². The van der Waals surface area contributed by atoms with Crippen molar-refractivity contribution in [1.82, 2.24) is 20.2 Å². The fraction of sp³-hybridized carbons (Fsp3) is 0.778. The molecule has 1 aromatic heterocycles. The van der Waals surface area contributed by atoms with Crippen LogP contribution in [0.15, 0.2) is 12.4 Å². The van der Waals surface area contributed by atoms with E-state index in [2.05, 4.69) is 32.1 Å². The molecular formula is C18H31N5O. The number of likely N-dealkylation sites (N-methyl/N-ethyl adjacent to an activating group) is 1. The highest BCUT2D eigenvalue weighted by molar-refractivity contribution is 5.30. The van der Waals surface area contributed by atoms with Gasteiger partial charge in [0.15, 0.2) is 0 Å². The number of anilines is 1. The summed E-state index contributed by atoms with van der Waals surface area (Å²) in [6.45, 7) is 5.47. The summed E-state index contributed by atoms with van der Waals surface area (Å²) in [5, 5.41) is 14.1. The Morgan fingerprint density at radius 2 is 1.67 bits per heavy atom. The summed E-state index contributed by atoms with van der Waals surface area (Å²) in [6.07, 6.45) is 10.4. The van der Waals surface area contributed by atoms with E-state index in [1.54, 1.807) is 0 Å². The van der Waals surface area contributed by atoms with Crippen LogP contribution in [0.3, 0.4) is 0 Å². The molecule has 2 fully saturated rings. The second kappa shape index (κ2) is 8.23. The minimum absolute atomic E-state index is 0.531. The van der Waals surface area contributed by atoms with Crippen molar-refractivity contribution in [3.63, 3.8) is 0 Å². The molecule has 0 aromatic carbocycles. The topological polar surface area (TPSA) is 64.5 Å². The molecule has 0 bridgehead atoms. The first-order valence-electron chi connectivity index (χ1n) is 9.32. The molecular weight excluding hydrogens is 302 g/mol. The fourth-order valence-corrected chi connectivity index (χ4v) is 3.61. The fourth-order valence-electron chi connectivity index (χ4n) is 3.61. The Kier molecular flexibility index (Phi) is 6.03. The maximum atomic E-state index is 10.7. The molecule has 6 nitrogen and oxygen atoms in total. The standard InChI is InChI=1S/C18H31N5O/c1-22-8-10-23(11-9-22)17-20-13-16(14-21-17)12-19-15-18(24)6-4-2-3-5-7-18/h13-14,19,24H,2-12,15H2,1H3. The smallest absolute Gasteiger partial charge is 0.225 e. The van der Waals surface area contributed by atoms with Crippen LogP contribution in [0.5, 0.6) is 0 Å². The van der Waals surface area contributed by atoms with Crippen LogP contribution in [0.2, 0.25) is 0 Å². The van der Waals surface area contributed by atoms with Gasteiger partial charge < -0.3 is 20.2 Å². The number of hydrogen-bond acceptors (Lipinski definition) is 6. The lowest BCUT2D eigenvalue weighted by Crippen LogP contribution is -2.45. The number of aromatic nitrogens is 2. The van der Waals surface area contributed by atoms with Gasteiger partial charge in [-0.25, -0.2) is 9.97 Å². The first-order chi connectivity index (χ1) is 11.6. The van der Waals surface area contributed by atoms with E-state index in [0.717, 1.165) is 63.4 Å². The molecule has 3 rings (SSSR count). The van der Waals surface area contributed by atoms with E-state index in [4.69, 9.17) is 0 Å². The van der Waals surface area contributed by atoms with Crippen molar-refractivity contribution in [3.05, 3.63) is 18.0 Å². The van der Waals surface area contributed by atoms with Gasteiger partial charge in [0.2, 0.25) is 5.95 Å². The minimum atomic E-state index is -0.531. The maximum Gasteiger partial charge on any atom is 0.225 e. The van der Waals surface area contributed by atoms with Crippen molar-refractivity contribution < 1.29 is 5.11 Å². The Morgan fingerprint density at radius 1 is 1.04 bits per heavy atom. The van der Waals surface area contributed by atoms with Crippen molar-refractivity contribution in [2.45, 2.75) is 50.7 Å². The van der Waals surface area contributed by atoms with Crippen LogP contribution in [-0.4, -0.2) is 65.3 Å². The lowest BCUT2D eigenvalue weighted by atomic mass is 9.94. The second-order valence-corrected chi connectivity index (χ2v) is 7.42. The predicted molar refractivity (Wildman–Crippen MR) is 96.1 cm³/mol. The van der Waals surface area contributed by atoms with Crippen molar-refractivity contribution in [3.8, 4) is 0 Å². The van der Waals surface area contributed by atoms with Crippen molar-refractivity contribution in [2.24, 2.45) is 0 Å². The molecule has 24 heavy (non-hydrogen) atoms. The van der Waals surface area contributed by atoms with E-state index in [9.17, 15) is 5.11 Å². The van der Waals surface area contributed by atoms with Crippen LogP contribution in [0.1, 0.15) is 44.1 Å². The summed E-state index contributed by atoms with van der Waals surface area (Å²) in [5.74, 6) is 0.828. The van der Waals surface area contributed by atoms with Crippen LogP contribution >= 0.6 is 0 Å². The van der Waals surface area contributed by atoms with Gasteiger partial charge in [0, 0.05) is 57.2 Å². The Bertz CT molecular complexity index is 491. The number of hydrogen-bond donors (Lipinski definition) is 2. The number of nitrogens with one attached hydrogen (secondary N) is 1. The molecule has 0 unspecified atom stereocenters. The Morgan fingerprint density at radius 3 is 2.29 bits per heavy atom. The van der Waals surface area contributed by atoms with Gasteiger partial charge in [-0.3, -0.25) is 0 Å². The molecule has 134 valence electrons. The lowest BCUT2D eigenvalue weighted by Gasteiger charge is -2.32. The van der Waals surface area contributed by atoms with E-state index >= 15 is 0 Å². The third-order valence-corrected chi connectivity index (χ3v) is 5.30. The molecule has 2 N–H and O–H groups in total. The summed E-state index contributed by atoms with van der Waals surface area (Å²) in [4.78, 5) is 13.6. The molecule has 1 aliphatic carbocycles. The van der Waals surface area contributed by atoms with Gasteiger partial charge in [0.05, 0.1) is 5.60 Å². The third kappa shape index (κ3) is 4.88. The number of piperazine rings is 1. The Hall–Kier alpha value is -1.24. The average Bonchev–Trinajstić information content (AvgIpc) is 2.81. The summed E-state index contributed by atoms with van der Waals surface area (Å²) in [7, 11) is 2.15. The van der Waals surface area contributed by atoms with E-state index in [0.29, 0.717) is 13.1 Å². The van der Waals surface area contributed by atoms with Crippen molar-refractivity contribution in [2.75, 3.05) is 44.7 Å². The Labute approximate surface area is 145 Å². The monoisotopic (exact) mass is 333 g/mol. The number of rotatable bonds is 5. The zero-order valence-corrected chi connectivity index (χ0v) is 14.9. The van der Waals surface area contributed by atoms with E-state index in [1.165, 1.54) is 12.8 Å². The van der Waals surface area contributed by atoms with Crippen LogP contribution in [-0.2, 0) is 6.54 Å². The molecule has 0 spiro atoms. The molecule has 0 atom stereocenters. The molecule has 1 saturated heterocycles. The normalized spacial score (nSPS) is 22.3. The lowest BCUT2D eigenvalue weighted by molar-refractivity contribution is 0.0250. The minimum Gasteiger partial charge on any atom is -0.389 e. The molecule has 2 aliphatic rings. The van der Waals surface area contributed by atoms with Gasteiger partial charge in [-0.05, 0) is 19.9 Å². The van der Waals surface area contributed by atoms with Crippen LogP contribution in [0.4, 0.5) is 5.95 Å². The maximum absolute atomic E-state index is 10.7. The molecule has 1 saturated carbocycles. The van der Waals surface area contributed by atoms with Gasteiger partial charge in [-0.15, -0.1) is 0 Å². The van der Waals surface area contributed by atoms with Crippen LogP contribution in [0, 0.1) is 0 Å². The van der Waals surface area contributed by atoms with E-state index < -0.39 is 5.60 Å². The Balaban J connectivity index is 1.46. The first-order valence-corrected chi connectivity index (χ1v) is 9.32. The molecule has 6 heteroatoms. The van der Waals surface area contributed by atoms with Gasteiger partial charge in [-0.1, -0.05) is 25.7 Å². The number of nitrogens with zero attached hydrogens (tertiary/aromatic N) is 4. The third-order valence-electron chi connectivity index (χ3n) is 5.30. The van der Waals surface area contributed by atoms with E-state index in [1.807, 2.05) is 12.4 Å². The zero-order valence-electron chi connectivity index (χ0n) is 14.9. The quantitative estimate of drug-likeness (QED) is 0.794. The summed E-state index contributed by atoms with van der Waals surface area (Å²) >= 11 is 0. The van der Waals surface area contributed by atoms with E-state index in [-0.39, 0.29) is 0 Å². The highest BCUT2D eigenvalue weighted by Gasteiger charge is 2.27. The highest BCUT2D eigenvalue weighted by atomic mass is 16.3. The molecule has 1 aromatic rings. The first kappa shape index (κ1) is 17.6. The van der Waals surface area contributed by atoms with Gasteiger partial charge >= 0.3 is 0 Å². The number of aliphatic hydroxyl groups is 1. The molecule has 1 aliphatic heterocycles. The van der Waals surface area contributed by atoms with Crippen LogP contribution in [0.25, 0.3) is 0 Å². The molecule has 0 radical (unpaired) electrons. The summed E-state index contributed by atoms with van der Waals surface area (Å²) in [5.41, 5.74) is 0.544. The zero-order chi connectivity index (χ0) is 16.8. The second-order valence-electron chi connectivity index (χ2n) is 7.42. The van der Waals surface area contributed by atoms with Crippen molar-refractivity contribution in [1.29, 1.82) is 0 Å². The van der Waals surface area contributed by atoms with Gasteiger partial charge in [-0.2, -0.15) is 0 Å². The van der Waals surface area contributed by atoms with Gasteiger partial charge in [0.25, 0.3) is 0 Å². The highest BCUT2D eigenvalue weighted by Crippen LogP contribution is 2.26. The van der Waals surface area contributed by atoms with Crippen LogP contribution < -0.4 is 10.2 Å².